The highest BCUT2D eigenvalue weighted by Gasteiger charge is 2.13. The molecule has 6 nitrogen and oxygen atoms in total. The molecule has 2 N–H and O–H groups in total. The van der Waals surface area contributed by atoms with Crippen molar-refractivity contribution in [2.45, 2.75) is 20.3 Å². The number of aryl methyl sites for hydroxylation is 2. The number of nitrogens with zero attached hydrogens (tertiary/aromatic N) is 4. The molecule has 2 aromatic heterocycles. The van der Waals surface area contributed by atoms with Gasteiger partial charge in [-0.25, -0.2) is 15.0 Å². The van der Waals surface area contributed by atoms with Gasteiger partial charge in [0.1, 0.15) is 0 Å². The summed E-state index contributed by atoms with van der Waals surface area (Å²) in [5.41, 5.74) is 3.13. The van der Waals surface area contributed by atoms with Gasteiger partial charge in [0.25, 0.3) is 0 Å². The largest absolute Gasteiger partial charge is 0.343 e. The van der Waals surface area contributed by atoms with Gasteiger partial charge in [-0.15, -0.1) is 11.3 Å². The van der Waals surface area contributed by atoms with Crippen LogP contribution < -0.4 is 10.6 Å². The van der Waals surface area contributed by atoms with E-state index < -0.39 is 0 Å². The molecule has 134 valence electrons. The molecule has 7 heteroatoms. The molecule has 0 saturated carbocycles. The van der Waals surface area contributed by atoms with Crippen LogP contribution in [-0.2, 0) is 6.42 Å². The summed E-state index contributed by atoms with van der Waals surface area (Å²) in [5, 5.41) is 9.74. The number of hydrogen-bond acceptors (Lipinski definition) is 7. The zero-order valence-electron chi connectivity index (χ0n) is 15.0. The highest BCUT2D eigenvalue weighted by molar-refractivity contribution is 7.09. The van der Waals surface area contributed by atoms with E-state index in [1.807, 2.05) is 13.0 Å². The lowest BCUT2D eigenvalue weighted by atomic mass is 10.1. The molecule has 0 amide bonds. The summed E-state index contributed by atoms with van der Waals surface area (Å²) in [4.78, 5) is 17.4. The molecule has 1 aliphatic heterocycles. The van der Waals surface area contributed by atoms with E-state index in [2.05, 4.69) is 67.1 Å². The van der Waals surface area contributed by atoms with E-state index in [1.54, 1.807) is 11.3 Å². The molecule has 4 rings (SSSR count). The Labute approximate surface area is 157 Å². The van der Waals surface area contributed by atoms with Gasteiger partial charge >= 0.3 is 0 Å². The molecule has 3 aromatic rings. The molecule has 0 radical (unpaired) electrons. The topological polar surface area (TPSA) is 65.4 Å². The summed E-state index contributed by atoms with van der Waals surface area (Å²) in [6.45, 7) is 6.53. The summed E-state index contributed by atoms with van der Waals surface area (Å²) in [5.74, 6) is 1.31. The first-order chi connectivity index (χ1) is 12.7. The van der Waals surface area contributed by atoms with Crippen molar-refractivity contribution in [2.75, 3.05) is 25.2 Å². The smallest absolute Gasteiger partial charge is 0.230 e. The van der Waals surface area contributed by atoms with Crippen LogP contribution in [-0.4, -0.2) is 40.7 Å². The third kappa shape index (κ3) is 3.84. The van der Waals surface area contributed by atoms with Crippen molar-refractivity contribution in [2.24, 2.45) is 4.99 Å². The number of anilines is 1. The first-order valence-corrected chi connectivity index (χ1v) is 9.60. The summed E-state index contributed by atoms with van der Waals surface area (Å²) >= 11 is 1.81. The van der Waals surface area contributed by atoms with Crippen molar-refractivity contribution in [3.05, 3.63) is 51.8 Å². The third-order valence-corrected chi connectivity index (χ3v) is 5.36. The second-order valence-corrected chi connectivity index (χ2v) is 7.52. The lowest BCUT2D eigenvalue weighted by Crippen LogP contribution is -2.46. The van der Waals surface area contributed by atoms with Gasteiger partial charge in [-0.3, -0.25) is 10.2 Å². The van der Waals surface area contributed by atoms with Crippen molar-refractivity contribution in [3.8, 4) is 0 Å². The zero-order valence-corrected chi connectivity index (χ0v) is 15.8. The number of fused-ring (bicyclic) bond motifs is 1. The van der Waals surface area contributed by atoms with Gasteiger partial charge < -0.3 is 5.32 Å². The van der Waals surface area contributed by atoms with E-state index in [0.29, 0.717) is 12.6 Å². The summed E-state index contributed by atoms with van der Waals surface area (Å²) in [7, 11) is 0. The lowest BCUT2D eigenvalue weighted by molar-refractivity contribution is 0.269. The van der Waals surface area contributed by atoms with Gasteiger partial charge in [-0.1, -0.05) is 17.7 Å². The number of hydrogen-bond donors (Lipinski definition) is 2. The minimum absolute atomic E-state index is 0.581. The van der Waals surface area contributed by atoms with Crippen LogP contribution in [0.2, 0.25) is 0 Å². The number of nitrogens with one attached hydrogen (secondary N) is 2. The van der Waals surface area contributed by atoms with Crippen LogP contribution in [0.25, 0.3) is 10.9 Å². The molecule has 0 unspecified atom stereocenters. The second-order valence-electron chi connectivity index (χ2n) is 6.49. The summed E-state index contributed by atoms with van der Waals surface area (Å²) < 4.78 is 0. The van der Waals surface area contributed by atoms with E-state index in [1.165, 1.54) is 10.4 Å². The molecule has 26 heavy (non-hydrogen) atoms. The average molecular weight is 366 g/mol. The third-order valence-electron chi connectivity index (χ3n) is 4.43. The van der Waals surface area contributed by atoms with E-state index in [0.717, 1.165) is 42.2 Å². The van der Waals surface area contributed by atoms with Crippen LogP contribution in [0.3, 0.4) is 0 Å². The Balaban J connectivity index is 1.40. The van der Waals surface area contributed by atoms with Crippen LogP contribution in [0.4, 0.5) is 5.95 Å². The summed E-state index contributed by atoms with van der Waals surface area (Å²) in [6, 6.07) is 10.5. The zero-order chi connectivity index (χ0) is 17.9. The standard InChI is InChI=1S/C19H22N6S/c1-13-5-6-17-16(10-13)14(2)22-19(23-17)24-18-20-11-25(12-21-18)8-7-15-4-3-9-26-15/h3-6,9-10H,7-8,11-12H2,1-2H3,(H2,20,21,22,23,24). The first kappa shape index (κ1) is 16.9. The lowest BCUT2D eigenvalue weighted by Gasteiger charge is -2.26. The Bertz CT molecular complexity index is 935. The fraction of sp³-hybridized carbons (Fsp3) is 0.316. The fourth-order valence-corrected chi connectivity index (χ4v) is 3.68. The second kappa shape index (κ2) is 7.39. The maximum atomic E-state index is 4.61. The van der Waals surface area contributed by atoms with Crippen LogP contribution in [0.15, 0.2) is 40.7 Å². The number of guanidine groups is 1. The number of thiophene rings is 1. The van der Waals surface area contributed by atoms with Crippen molar-refractivity contribution in [1.82, 2.24) is 20.2 Å². The molecular formula is C19H22N6S. The SMILES string of the molecule is Cc1ccc2nc(NC3=NCN(CCc4cccs4)CN3)nc(C)c2c1. The van der Waals surface area contributed by atoms with E-state index in [-0.39, 0.29) is 0 Å². The number of rotatable bonds is 4. The highest BCUT2D eigenvalue weighted by atomic mass is 32.1. The molecule has 1 aromatic carbocycles. The Morgan fingerprint density at radius 2 is 2.15 bits per heavy atom. The molecule has 0 fully saturated rings. The molecule has 0 aliphatic carbocycles. The van der Waals surface area contributed by atoms with Crippen LogP contribution in [0.5, 0.6) is 0 Å². The maximum Gasteiger partial charge on any atom is 0.230 e. The summed E-state index contributed by atoms with van der Waals surface area (Å²) in [6.07, 6.45) is 1.06. The van der Waals surface area contributed by atoms with Gasteiger partial charge in [-0.05, 0) is 43.8 Å². The van der Waals surface area contributed by atoms with Crippen molar-refractivity contribution < 1.29 is 0 Å². The molecule has 0 spiro atoms. The molecule has 0 saturated heterocycles. The van der Waals surface area contributed by atoms with Crippen molar-refractivity contribution in [1.29, 1.82) is 0 Å². The monoisotopic (exact) mass is 366 g/mol. The van der Waals surface area contributed by atoms with Gasteiger partial charge in [-0.2, -0.15) is 0 Å². The predicted octanol–water partition coefficient (Wildman–Crippen LogP) is 3.14. The minimum Gasteiger partial charge on any atom is -0.343 e. The molecule has 1 aliphatic rings. The van der Waals surface area contributed by atoms with Crippen LogP contribution >= 0.6 is 11.3 Å². The molecular weight excluding hydrogens is 344 g/mol. The predicted molar refractivity (Wildman–Crippen MR) is 108 cm³/mol. The van der Waals surface area contributed by atoms with Gasteiger partial charge in [0, 0.05) is 16.8 Å². The maximum absolute atomic E-state index is 4.61. The average Bonchev–Trinajstić information content (AvgIpc) is 3.15. The minimum atomic E-state index is 0.581. The van der Waals surface area contributed by atoms with Crippen LogP contribution in [0, 0.1) is 13.8 Å². The van der Waals surface area contributed by atoms with Crippen molar-refractivity contribution in [3.63, 3.8) is 0 Å². The number of aromatic nitrogens is 2. The quantitative estimate of drug-likeness (QED) is 0.743. The Morgan fingerprint density at radius 3 is 2.92 bits per heavy atom. The molecule has 0 atom stereocenters. The first-order valence-electron chi connectivity index (χ1n) is 8.72. The number of aliphatic imine (C=N–C) groups is 1. The van der Waals surface area contributed by atoms with Crippen molar-refractivity contribution >= 4 is 34.1 Å². The van der Waals surface area contributed by atoms with Gasteiger partial charge in [0.2, 0.25) is 11.9 Å². The Kier molecular flexibility index (Phi) is 4.81. The van der Waals surface area contributed by atoms with E-state index in [4.69, 9.17) is 0 Å². The number of benzene rings is 1. The Hall–Kier alpha value is -2.51. The normalized spacial score (nSPS) is 14.9. The van der Waals surface area contributed by atoms with E-state index >= 15 is 0 Å². The molecule has 3 heterocycles. The highest BCUT2D eigenvalue weighted by Crippen LogP contribution is 2.18. The van der Waals surface area contributed by atoms with E-state index in [9.17, 15) is 0 Å². The Morgan fingerprint density at radius 1 is 1.23 bits per heavy atom. The van der Waals surface area contributed by atoms with Gasteiger partial charge in [0.15, 0.2) is 0 Å². The molecule has 0 bridgehead atoms. The fourth-order valence-electron chi connectivity index (χ4n) is 2.98. The van der Waals surface area contributed by atoms with Gasteiger partial charge in [0.05, 0.1) is 24.5 Å². The van der Waals surface area contributed by atoms with Crippen LogP contribution in [0.1, 0.15) is 16.1 Å².